The monoisotopic (exact) mass is 234 g/mol. The topological polar surface area (TPSA) is 73.7 Å². The molecule has 17 heavy (non-hydrogen) atoms. The number of aromatic carboxylic acids is 1. The molecule has 2 saturated heterocycles. The van der Waals surface area contributed by atoms with E-state index in [4.69, 9.17) is 5.11 Å². The first-order valence-corrected chi connectivity index (χ1v) is 5.78. The molecule has 0 aromatic carbocycles. The van der Waals surface area contributed by atoms with Gasteiger partial charge in [0.15, 0.2) is 0 Å². The number of fused-ring (bicyclic) bond motifs is 2. The van der Waals surface area contributed by atoms with Gasteiger partial charge in [0.2, 0.25) is 0 Å². The van der Waals surface area contributed by atoms with Crippen LogP contribution in [0.5, 0.6) is 0 Å². The van der Waals surface area contributed by atoms with Crippen LogP contribution < -0.4 is 4.90 Å². The third kappa shape index (κ3) is 1.58. The summed E-state index contributed by atoms with van der Waals surface area (Å²) in [6.07, 6.45) is 2.45. The third-order valence-corrected chi connectivity index (χ3v) is 3.80. The molecule has 1 aromatic rings. The van der Waals surface area contributed by atoms with Crippen molar-refractivity contribution >= 4 is 11.8 Å². The first kappa shape index (κ1) is 10.5. The number of aromatic nitrogens is 1. The lowest BCUT2D eigenvalue weighted by Gasteiger charge is -2.51. The number of aliphatic hydroxyl groups excluding tert-OH is 1. The van der Waals surface area contributed by atoms with Crippen LogP contribution in [0.3, 0.4) is 0 Å². The summed E-state index contributed by atoms with van der Waals surface area (Å²) >= 11 is 0. The minimum atomic E-state index is -0.951. The molecular formula is C12H14N2O3. The summed E-state index contributed by atoms with van der Waals surface area (Å²) < 4.78 is 0. The number of anilines is 1. The summed E-state index contributed by atoms with van der Waals surface area (Å²) in [5, 5.41) is 18.8. The van der Waals surface area contributed by atoms with E-state index in [1.807, 2.05) is 4.90 Å². The van der Waals surface area contributed by atoms with Crippen LogP contribution in [0.15, 0.2) is 18.3 Å². The molecule has 5 heteroatoms. The minimum absolute atomic E-state index is 0.205. The van der Waals surface area contributed by atoms with E-state index >= 15 is 0 Å². The van der Waals surface area contributed by atoms with Gasteiger partial charge in [-0.05, 0) is 18.6 Å². The van der Waals surface area contributed by atoms with Gasteiger partial charge in [0.25, 0.3) is 0 Å². The Hall–Kier alpha value is -1.62. The average Bonchev–Trinajstić information content (AvgIpc) is 2.38. The zero-order valence-corrected chi connectivity index (χ0v) is 9.28. The fourth-order valence-electron chi connectivity index (χ4n) is 2.85. The molecule has 1 aromatic heterocycles. The van der Waals surface area contributed by atoms with Gasteiger partial charge >= 0.3 is 5.97 Å². The number of nitrogens with zero attached hydrogens (tertiary/aromatic N) is 2. The van der Waals surface area contributed by atoms with Crippen molar-refractivity contribution in [2.45, 2.75) is 12.5 Å². The fraction of sp³-hybridized carbons (Fsp3) is 0.500. The van der Waals surface area contributed by atoms with Crippen molar-refractivity contribution in [3.05, 3.63) is 23.9 Å². The lowest BCUT2D eigenvalue weighted by Crippen LogP contribution is -2.58. The zero-order valence-electron chi connectivity index (χ0n) is 9.28. The van der Waals surface area contributed by atoms with Gasteiger partial charge in [-0.2, -0.15) is 0 Å². The molecule has 3 aliphatic rings. The Morgan fingerprint density at radius 2 is 2.12 bits per heavy atom. The van der Waals surface area contributed by atoms with Crippen LogP contribution in [0.2, 0.25) is 0 Å². The van der Waals surface area contributed by atoms with Gasteiger partial charge < -0.3 is 15.1 Å². The molecule has 1 saturated carbocycles. The third-order valence-electron chi connectivity index (χ3n) is 3.80. The van der Waals surface area contributed by atoms with E-state index < -0.39 is 5.97 Å². The summed E-state index contributed by atoms with van der Waals surface area (Å²) in [5.41, 5.74) is 0.239. The van der Waals surface area contributed by atoms with Crippen molar-refractivity contribution in [3.8, 4) is 0 Å². The van der Waals surface area contributed by atoms with Crippen molar-refractivity contribution in [2.75, 3.05) is 18.0 Å². The van der Waals surface area contributed by atoms with Crippen LogP contribution >= 0.6 is 0 Å². The van der Waals surface area contributed by atoms with Gasteiger partial charge in [0.1, 0.15) is 11.4 Å². The molecule has 90 valence electrons. The molecule has 2 unspecified atom stereocenters. The van der Waals surface area contributed by atoms with E-state index in [1.54, 1.807) is 18.3 Å². The number of carboxylic acids is 1. The Labute approximate surface area is 98.7 Å². The van der Waals surface area contributed by atoms with E-state index in [0.29, 0.717) is 18.9 Å². The van der Waals surface area contributed by atoms with E-state index in [2.05, 4.69) is 4.98 Å². The van der Waals surface area contributed by atoms with Crippen LogP contribution in [0, 0.1) is 11.8 Å². The average molecular weight is 234 g/mol. The van der Waals surface area contributed by atoms with E-state index in [0.717, 1.165) is 6.42 Å². The molecule has 0 spiro atoms. The molecule has 0 amide bonds. The maximum absolute atomic E-state index is 11.1. The predicted octanol–water partition coefficient (Wildman–Crippen LogP) is 0.597. The maximum Gasteiger partial charge on any atom is 0.339 e. The smallest absolute Gasteiger partial charge is 0.339 e. The zero-order chi connectivity index (χ0) is 12.0. The molecule has 3 fully saturated rings. The SMILES string of the molecule is O=C(O)c1cccnc1N1CC2CC(C1)C2O. The summed E-state index contributed by atoms with van der Waals surface area (Å²) in [5.74, 6) is 0.129. The molecule has 2 aliphatic heterocycles. The fourth-order valence-corrected chi connectivity index (χ4v) is 2.85. The molecule has 1 aliphatic carbocycles. The second kappa shape index (κ2) is 3.70. The number of aliphatic hydroxyl groups is 1. The summed E-state index contributed by atoms with van der Waals surface area (Å²) in [6.45, 7) is 1.41. The van der Waals surface area contributed by atoms with E-state index in [1.165, 1.54) is 0 Å². The van der Waals surface area contributed by atoms with Gasteiger partial charge in [-0.1, -0.05) is 0 Å². The Balaban J connectivity index is 1.88. The Bertz CT molecular complexity index is 451. The number of carbonyl (C=O) groups is 1. The van der Waals surface area contributed by atoms with Crippen molar-refractivity contribution in [3.63, 3.8) is 0 Å². The number of piperidine rings is 2. The molecule has 0 radical (unpaired) electrons. The molecule has 3 heterocycles. The second-order valence-electron chi connectivity index (χ2n) is 4.83. The van der Waals surface area contributed by atoms with Gasteiger partial charge in [-0.25, -0.2) is 9.78 Å². The highest BCUT2D eigenvalue weighted by atomic mass is 16.4. The molecule has 5 nitrogen and oxygen atoms in total. The summed E-state index contributed by atoms with van der Waals surface area (Å²) in [7, 11) is 0. The quantitative estimate of drug-likeness (QED) is 0.783. The standard InChI is InChI=1S/C12H14N2O3/c15-10-7-4-8(10)6-14(5-7)11-9(12(16)17)2-1-3-13-11/h1-3,7-8,10,15H,4-6H2,(H,16,17). The van der Waals surface area contributed by atoms with Crippen molar-refractivity contribution < 1.29 is 15.0 Å². The lowest BCUT2D eigenvalue weighted by molar-refractivity contribution is -0.0533. The van der Waals surface area contributed by atoms with Gasteiger partial charge in [0.05, 0.1) is 6.10 Å². The van der Waals surface area contributed by atoms with Crippen LogP contribution in [0.1, 0.15) is 16.8 Å². The normalized spacial score (nSPS) is 30.9. The molecule has 4 rings (SSSR count). The number of hydrogen-bond acceptors (Lipinski definition) is 4. The summed E-state index contributed by atoms with van der Waals surface area (Å²) in [6, 6.07) is 3.20. The second-order valence-corrected chi connectivity index (χ2v) is 4.83. The van der Waals surface area contributed by atoms with E-state index in [-0.39, 0.29) is 23.5 Å². The number of hydrogen-bond donors (Lipinski definition) is 2. The van der Waals surface area contributed by atoms with Crippen LogP contribution in [0.25, 0.3) is 0 Å². The van der Waals surface area contributed by atoms with Crippen molar-refractivity contribution in [2.24, 2.45) is 11.8 Å². The molecular weight excluding hydrogens is 220 g/mol. The Morgan fingerprint density at radius 1 is 1.41 bits per heavy atom. The Morgan fingerprint density at radius 3 is 2.71 bits per heavy atom. The lowest BCUT2D eigenvalue weighted by atomic mass is 9.68. The van der Waals surface area contributed by atoms with E-state index in [9.17, 15) is 9.90 Å². The highest BCUT2D eigenvalue weighted by Gasteiger charge is 2.46. The van der Waals surface area contributed by atoms with Crippen LogP contribution in [-0.4, -0.2) is 40.4 Å². The first-order valence-electron chi connectivity index (χ1n) is 5.78. The van der Waals surface area contributed by atoms with Crippen LogP contribution in [0.4, 0.5) is 5.82 Å². The first-order chi connectivity index (χ1) is 8.16. The van der Waals surface area contributed by atoms with Gasteiger partial charge in [0, 0.05) is 31.1 Å². The van der Waals surface area contributed by atoms with Crippen molar-refractivity contribution in [1.82, 2.24) is 4.98 Å². The number of rotatable bonds is 2. The number of pyridine rings is 1. The summed E-state index contributed by atoms with van der Waals surface area (Å²) in [4.78, 5) is 17.3. The molecule has 2 bridgehead atoms. The Kier molecular flexibility index (Phi) is 2.29. The van der Waals surface area contributed by atoms with Gasteiger partial charge in [-0.15, -0.1) is 0 Å². The maximum atomic E-state index is 11.1. The highest BCUT2D eigenvalue weighted by Crippen LogP contribution is 2.41. The van der Waals surface area contributed by atoms with Gasteiger partial charge in [-0.3, -0.25) is 0 Å². The number of carboxylic acid groups (broad SMARTS) is 1. The minimum Gasteiger partial charge on any atom is -0.478 e. The largest absolute Gasteiger partial charge is 0.478 e. The molecule has 2 atom stereocenters. The molecule has 2 N–H and O–H groups in total. The highest BCUT2D eigenvalue weighted by molar-refractivity contribution is 5.93. The predicted molar refractivity (Wildman–Crippen MR) is 61.0 cm³/mol. The van der Waals surface area contributed by atoms with Crippen LogP contribution in [-0.2, 0) is 0 Å². The van der Waals surface area contributed by atoms with Crippen molar-refractivity contribution in [1.29, 1.82) is 0 Å².